The van der Waals surface area contributed by atoms with Crippen LogP contribution in [0.2, 0.25) is 0 Å². The quantitative estimate of drug-likeness (QED) is 0.836. The molecule has 1 aliphatic rings. The predicted octanol–water partition coefficient (Wildman–Crippen LogP) is 2.43. The number of piperidine rings is 1. The molecule has 1 fully saturated rings. The molecule has 1 unspecified atom stereocenters. The lowest BCUT2D eigenvalue weighted by atomic mass is 10.0. The lowest BCUT2D eigenvalue weighted by Crippen LogP contribution is -2.52. The first-order valence-electron chi connectivity index (χ1n) is 8.08. The first-order chi connectivity index (χ1) is 11.0. The fourth-order valence-electron chi connectivity index (χ4n) is 2.76. The summed E-state index contributed by atoms with van der Waals surface area (Å²) in [6.07, 6.45) is 3.88. The van der Waals surface area contributed by atoms with Gasteiger partial charge in [-0.2, -0.15) is 0 Å². The van der Waals surface area contributed by atoms with Crippen LogP contribution in [0.5, 0.6) is 0 Å². The standard InChI is InChI=1S/C16H25N3O3S/c1-11-12(2)23-14(18-11)8-6-9-17-15(20)13-7-4-5-10-19(13)16(21)22-3/h13H,4-10H2,1-3H3,(H,17,20). The average molecular weight is 339 g/mol. The molecule has 2 amide bonds. The third-order valence-electron chi connectivity index (χ3n) is 4.15. The lowest BCUT2D eigenvalue weighted by molar-refractivity contribution is -0.126. The molecule has 0 saturated carbocycles. The molecule has 0 spiro atoms. The van der Waals surface area contributed by atoms with Gasteiger partial charge in [-0.1, -0.05) is 0 Å². The number of aryl methyl sites for hydroxylation is 3. The second-order valence-corrected chi connectivity index (χ2v) is 7.11. The van der Waals surface area contributed by atoms with Gasteiger partial charge in [-0.15, -0.1) is 11.3 Å². The van der Waals surface area contributed by atoms with Crippen LogP contribution >= 0.6 is 11.3 Å². The minimum Gasteiger partial charge on any atom is -0.453 e. The van der Waals surface area contributed by atoms with Crippen molar-refractivity contribution in [2.75, 3.05) is 20.2 Å². The summed E-state index contributed by atoms with van der Waals surface area (Å²) in [4.78, 5) is 31.4. The molecule has 0 aliphatic carbocycles. The van der Waals surface area contributed by atoms with Gasteiger partial charge in [0.2, 0.25) is 5.91 Å². The molecule has 1 aliphatic heterocycles. The normalized spacial score (nSPS) is 17.9. The summed E-state index contributed by atoms with van der Waals surface area (Å²) in [6.45, 7) is 5.27. The summed E-state index contributed by atoms with van der Waals surface area (Å²) in [5, 5.41) is 4.06. The van der Waals surface area contributed by atoms with Crippen molar-refractivity contribution in [2.24, 2.45) is 0 Å². The van der Waals surface area contributed by atoms with Crippen molar-refractivity contribution in [2.45, 2.75) is 52.0 Å². The molecule has 1 N–H and O–H groups in total. The third-order valence-corrected chi connectivity index (χ3v) is 5.29. The van der Waals surface area contributed by atoms with Crippen LogP contribution in [0.1, 0.15) is 41.3 Å². The van der Waals surface area contributed by atoms with E-state index in [0.717, 1.165) is 36.4 Å². The zero-order valence-corrected chi connectivity index (χ0v) is 14.9. The molecule has 6 nitrogen and oxygen atoms in total. The van der Waals surface area contributed by atoms with E-state index < -0.39 is 12.1 Å². The molecular weight excluding hydrogens is 314 g/mol. The molecule has 0 radical (unpaired) electrons. The lowest BCUT2D eigenvalue weighted by Gasteiger charge is -2.33. The highest BCUT2D eigenvalue weighted by molar-refractivity contribution is 7.11. The topological polar surface area (TPSA) is 71.5 Å². The Labute approximate surface area is 141 Å². The summed E-state index contributed by atoms with van der Waals surface area (Å²) in [5.41, 5.74) is 1.09. The molecule has 128 valence electrons. The van der Waals surface area contributed by atoms with Gasteiger partial charge in [-0.3, -0.25) is 9.69 Å². The van der Waals surface area contributed by atoms with Gasteiger partial charge in [0, 0.05) is 24.4 Å². The van der Waals surface area contributed by atoms with E-state index in [2.05, 4.69) is 17.2 Å². The Kier molecular flexibility index (Phi) is 6.38. The Morgan fingerprint density at radius 3 is 2.83 bits per heavy atom. The van der Waals surface area contributed by atoms with Crippen LogP contribution in [-0.2, 0) is 16.0 Å². The fraction of sp³-hybridized carbons (Fsp3) is 0.688. The van der Waals surface area contributed by atoms with Crippen LogP contribution in [0, 0.1) is 13.8 Å². The second kappa shape index (κ2) is 8.29. The first kappa shape index (κ1) is 17.7. The number of methoxy groups -OCH3 is 1. The number of likely N-dealkylation sites (tertiary alicyclic amines) is 1. The summed E-state index contributed by atoms with van der Waals surface area (Å²) in [6, 6.07) is -0.402. The molecule has 0 aromatic carbocycles. The SMILES string of the molecule is COC(=O)N1CCCCC1C(=O)NCCCc1nc(C)c(C)s1. The summed E-state index contributed by atoms with van der Waals surface area (Å²) in [5.74, 6) is -0.0819. The van der Waals surface area contributed by atoms with Crippen molar-refractivity contribution in [3.63, 3.8) is 0 Å². The van der Waals surface area contributed by atoms with Crippen molar-refractivity contribution in [1.29, 1.82) is 0 Å². The van der Waals surface area contributed by atoms with Crippen LogP contribution in [-0.4, -0.2) is 48.1 Å². The molecule has 1 saturated heterocycles. The number of hydrogen-bond donors (Lipinski definition) is 1. The van der Waals surface area contributed by atoms with Gasteiger partial charge in [0.25, 0.3) is 0 Å². The van der Waals surface area contributed by atoms with E-state index in [9.17, 15) is 9.59 Å². The molecule has 1 aromatic rings. The van der Waals surface area contributed by atoms with Crippen LogP contribution < -0.4 is 5.32 Å². The van der Waals surface area contributed by atoms with Crippen molar-refractivity contribution in [3.05, 3.63) is 15.6 Å². The molecule has 1 aromatic heterocycles. The van der Waals surface area contributed by atoms with Crippen LogP contribution in [0.4, 0.5) is 4.79 Å². The Hall–Kier alpha value is -1.63. The zero-order valence-electron chi connectivity index (χ0n) is 14.1. The Balaban J connectivity index is 1.77. The molecule has 1 atom stereocenters. The van der Waals surface area contributed by atoms with E-state index in [-0.39, 0.29) is 5.91 Å². The number of rotatable bonds is 5. The molecule has 23 heavy (non-hydrogen) atoms. The van der Waals surface area contributed by atoms with E-state index in [1.807, 2.05) is 6.92 Å². The maximum Gasteiger partial charge on any atom is 0.410 e. The molecule has 2 heterocycles. The van der Waals surface area contributed by atoms with Gasteiger partial charge in [-0.05, 0) is 39.5 Å². The maximum atomic E-state index is 12.3. The Bertz CT molecular complexity index is 539. The number of nitrogens with one attached hydrogen (secondary N) is 1. The van der Waals surface area contributed by atoms with Crippen molar-refractivity contribution in [3.8, 4) is 0 Å². The molecule has 2 rings (SSSR count). The zero-order chi connectivity index (χ0) is 16.8. The molecule has 7 heteroatoms. The van der Waals surface area contributed by atoms with E-state index >= 15 is 0 Å². The van der Waals surface area contributed by atoms with Gasteiger partial charge in [-0.25, -0.2) is 9.78 Å². The summed E-state index contributed by atoms with van der Waals surface area (Å²) in [7, 11) is 1.35. The number of thiazole rings is 1. The van der Waals surface area contributed by atoms with Crippen LogP contribution in [0.3, 0.4) is 0 Å². The van der Waals surface area contributed by atoms with E-state index in [1.165, 1.54) is 16.9 Å². The summed E-state index contributed by atoms with van der Waals surface area (Å²) >= 11 is 1.72. The summed E-state index contributed by atoms with van der Waals surface area (Å²) < 4.78 is 4.77. The van der Waals surface area contributed by atoms with Crippen LogP contribution in [0.15, 0.2) is 0 Å². The van der Waals surface area contributed by atoms with Crippen molar-refractivity contribution in [1.82, 2.24) is 15.2 Å². The number of nitrogens with zero attached hydrogens (tertiary/aromatic N) is 2. The maximum absolute atomic E-state index is 12.3. The van der Waals surface area contributed by atoms with Crippen molar-refractivity contribution >= 4 is 23.3 Å². The number of aromatic nitrogens is 1. The minimum absolute atomic E-state index is 0.0819. The van der Waals surface area contributed by atoms with Crippen molar-refractivity contribution < 1.29 is 14.3 Å². The number of carbonyl (C=O) groups excluding carboxylic acids is 2. The van der Waals surface area contributed by atoms with E-state index in [4.69, 9.17) is 4.74 Å². The van der Waals surface area contributed by atoms with Gasteiger partial charge >= 0.3 is 6.09 Å². The first-order valence-corrected chi connectivity index (χ1v) is 8.89. The largest absolute Gasteiger partial charge is 0.453 e. The highest BCUT2D eigenvalue weighted by Gasteiger charge is 2.32. The number of hydrogen-bond acceptors (Lipinski definition) is 5. The predicted molar refractivity (Wildman–Crippen MR) is 89.7 cm³/mol. The number of carbonyl (C=O) groups is 2. The fourth-order valence-corrected chi connectivity index (χ4v) is 3.73. The van der Waals surface area contributed by atoms with Gasteiger partial charge in [0.1, 0.15) is 6.04 Å². The highest BCUT2D eigenvalue weighted by Crippen LogP contribution is 2.19. The van der Waals surface area contributed by atoms with E-state index in [0.29, 0.717) is 19.5 Å². The Morgan fingerprint density at radius 1 is 1.39 bits per heavy atom. The van der Waals surface area contributed by atoms with E-state index in [1.54, 1.807) is 11.3 Å². The second-order valence-electron chi connectivity index (χ2n) is 5.82. The van der Waals surface area contributed by atoms with Gasteiger partial charge < -0.3 is 10.1 Å². The minimum atomic E-state index is -0.418. The monoisotopic (exact) mass is 339 g/mol. The molecular formula is C16H25N3O3S. The average Bonchev–Trinajstić information content (AvgIpc) is 2.88. The number of ether oxygens (including phenoxy) is 1. The Morgan fingerprint density at radius 2 is 2.17 bits per heavy atom. The van der Waals surface area contributed by atoms with Gasteiger partial charge in [0.05, 0.1) is 17.8 Å². The van der Waals surface area contributed by atoms with Gasteiger partial charge in [0.15, 0.2) is 0 Å². The highest BCUT2D eigenvalue weighted by atomic mass is 32.1. The number of amides is 2. The molecule has 0 bridgehead atoms. The third kappa shape index (κ3) is 4.67. The smallest absolute Gasteiger partial charge is 0.410 e. The van der Waals surface area contributed by atoms with Crippen LogP contribution in [0.25, 0.3) is 0 Å².